The summed E-state index contributed by atoms with van der Waals surface area (Å²) in [5.41, 5.74) is 4.53. The van der Waals surface area contributed by atoms with Crippen molar-refractivity contribution in [3.05, 3.63) is 82.0 Å². The largest absolute Gasteiger partial charge is 0.497 e. The van der Waals surface area contributed by atoms with Crippen molar-refractivity contribution in [1.82, 2.24) is 9.88 Å². The van der Waals surface area contributed by atoms with Gasteiger partial charge in [-0.15, -0.1) is 9.24 Å². The van der Waals surface area contributed by atoms with Crippen molar-refractivity contribution >= 4 is 47.0 Å². The minimum Gasteiger partial charge on any atom is -0.497 e. The van der Waals surface area contributed by atoms with Crippen LogP contribution in [0.2, 0.25) is 0 Å². The molecule has 1 aliphatic heterocycles. The number of aromatic nitrogens is 1. The van der Waals surface area contributed by atoms with Crippen LogP contribution < -0.4 is 36.9 Å². The molecule has 2 heterocycles. The number of benzene rings is 2. The summed E-state index contributed by atoms with van der Waals surface area (Å²) in [6.07, 6.45) is 1.56. The van der Waals surface area contributed by atoms with Crippen LogP contribution in [0.25, 0.3) is 0 Å². The molecular formula is C29H35F2N5O5P2. The Morgan fingerprint density at radius 1 is 1.21 bits per heavy atom. The minimum absolute atomic E-state index is 0.0603. The number of pyridine rings is 1. The second-order valence-corrected chi connectivity index (χ2v) is 12.1. The first kappa shape index (κ1) is 32.5. The van der Waals surface area contributed by atoms with E-state index in [9.17, 15) is 18.8 Å². The zero-order chi connectivity index (χ0) is 31.5. The van der Waals surface area contributed by atoms with Crippen LogP contribution in [0.15, 0.2) is 59.5 Å². The van der Waals surface area contributed by atoms with Crippen molar-refractivity contribution < 1.29 is 27.8 Å². The number of carbonyl (C=O) groups is 2. The maximum absolute atomic E-state index is 15.5. The fourth-order valence-electron chi connectivity index (χ4n) is 5.15. The summed E-state index contributed by atoms with van der Waals surface area (Å²) in [5.74, 6) is -2.39. The highest BCUT2D eigenvalue weighted by Gasteiger charge is 2.45. The molecule has 10 nitrogen and oxygen atoms in total. The van der Waals surface area contributed by atoms with Gasteiger partial charge in [-0.05, 0) is 54.7 Å². The standard InChI is InChI=1S/C29H35F2N5O5P2/c1-29(31,43)34-17-8-6-16(7-9-17)26(37)33-25-20(24-21(30)11-19(41-3)12-23(24)42)14-36(28(25)39)22-5-4-10-35(27(22)38)18(13-32)15-40-2/h4-12,18,20,25,34H,13-15,32,42-43H2,1-3H3,(H,33,37)/t18?,20-,25-,29?/m0/s1. The first-order valence-electron chi connectivity index (χ1n) is 13.4. The molecular weight excluding hydrogens is 598 g/mol. The quantitative estimate of drug-likeness (QED) is 0.219. The molecule has 3 aromatic rings. The second kappa shape index (κ2) is 13.5. The minimum atomic E-state index is -1.75. The van der Waals surface area contributed by atoms with Gasteiger partial charge in [-0.2, -0.15) is 0 Å². The van der Waals surface area contributed by atoms with Gasteiger partial charge in [0.25, 0.3) is 11.5 Å². The van der Waals surface area contributed by atoms with Crippen molar-refractivity contribution in [2.45, 2.75) is 30.5 Å². The van der Waals surface area contributed by atoms with E-state index in [2.05, 4.69) is 19.9 Å². The summed E-state index contributed by atoms with van der Waals surface area (Å²) in [6, 6.07) is 10.3. The molecule has 1 aliphatic rings. The Labute approximate surface area is 252 Å². The maximum atomic E-state index is 15.5. The Morgan fingerprint density at radius 2 is 1.91 bits per heavy atom. The lowest BCUT2D eigenvalue weighted by Gasteiger charge is -2.21. The summed E-state index contributed by atoms with van der Waals surface area (Å²) in [4.78, 5) is 42.1. The first-order chi connectivity index (χ1) is 20.4. The Balaban J connectivity index is 1.73. The highest BCUT2D eigenvalue weighted by molar-refractivity contribution is 7.27. The van der Waals surface area contributed by atoms with Gasteiger partial charge in [0.1, 0.15) is 23.3 Å². The number of hydrogen-bond acceptors (Lipinski definition) is 7. The predicted octanol–water partition coefficient (Wildman–Crippen LogP) is 2.50. The number of amides is 2. The Morgan fingerprint density at radius 3 is 2.49 bits per heavy atom. The summed E-state index contributed by atoms with van der Waals surface area (Å²) in [5, 5.41) is 5.82. The number of carbonyl (C=O) groups excluding carboxylic acids is 2. The van der Waals surface area contributed by atoms with E-state index in [0.717, 1.165) is 0 Å². The van der Waals surface area contributed by atoms with Crippen LogP contribution in [0.1, 0.15) is 34.8 Å². The number of rotatable bonds is 11. The van der Waals surface area contributed by atoms with Gasteiger partial charge in [-0.25, -0.2) is 8.78 Å². The van der Waals surface area contributed by atoms with Gasteiger partial charge >= 0.3 is 0 Å². The average Bonchev–Trinajstić information content (AvgIpc) is 3.26. The third kappa shape index (κ3) is 7.21. The Kier molecular flexibility index (Phi) is 10.2. The number of methoxy groups -OCH3 is 2. The van der Waals surface area contributed by atoms with E-state index < -0.39 is 46.7 Å². The lowest BCUT2D eigenvalue weighted by Crippen LogP contribution is -2.45. The van der Waals surface area contributed by atoms with Crippen molar-refractivity contribution in [2.75, 3.05) is 44.1 Å². The van der Waals surface area contributed by atoms with Gasteiger partial charge in [0.15, 0.2) is 5.53 Å². The zero-order valence-corrected chi connectivity index (χ0v) is 26.3. The fraction of sp³-hybridized carbons (Fsp3) is 0.345. The summed E-state index contributed by atoms with van der Waals surface area (Å²) < 4.78 is 41.3. The van der Waals surface area contributed by atoms with Crippen LogP contribution in [0.5, 0.6) is 5.75 Å². The molecule has 0 saturated carbocycles. The molecule has 4 rings (SSSR count). The molecule has 1 aromatic heterocycles. The number of ether oxygens (including phenoxy) is 2. The van der Waals surface area contributed by atoms with E-state index in [0.29, 0.717) is 11.0 Å². The van der Waals surface area contributed by atoms with E-state index in [4.69, 9.17) is 15.2 Å². The van der Waals surface area contributed by atoms with Crippen molar-refractivity contribution in [3.8, 4) is 5.75 Å². The van der Waals surface area contributed by atoms with E-state index in [1.165, 1.54) is 67.0 Å². The molecule has 0 aliphatic carbocycles. The molecule has 2 amide bonds. The van der Waals surface area contributed by atoms with Crippen molar-refractivity contribution in [1.29, 1.82) is 0 Å². The second-order valence-electron chi connectivity index (χ2n) is 10.3. The van der Waals surface area contributed by atoms with Crippen LogP contribution in [0, 0.1) is 5.82 Å². The summed E-state index contributed by atoms with van der Waals surface area (Å²) >= 11 is 0. The molecule has 230 valence electrons. The third-order valence-electron chi connectivity index (χ3n) is 7.15. The van der Waals surface area contributed by atoms with Crippen molar-refractivity contribution in [2.24, 2.45) is 5.73 Å². The van der Waals surface area contributed by atoms with Crippen molar-refractivity contribution in [3.63, 3.8) is 0 Å². The Hall–Kier alpha value is -3.43. The number of nitrogens with one attached hydrogen (secondary N) is 2. The molecule has 0 radical (unpaired) electrons. The van der Waals surface area contributed by atoms with E-state index in [1.807, 2.05) is 9.24 Å². The molecule has 14 heteroatoms. The van der Waals surface area contributed by atoms with Gasteiger partial charge < -0.3 is 35.3 Å². The van der Waals surface area contributed by atoms with Gasteiger partial charge in [-0.1, -0.05) is 9.24 Å². The van der Waals surface area contributed by atoms with Crippen LogP contribution in [0.3, 0.4) is 0 Å². The van der Waals surface area contributed by atoms with Gasteiger partial charge in [-0.3, -0.25) is 14.4 Å². The molecule has 43 heavy (non-hydrogen) atoms. The van der Waals surface area contributed by atoms with Crippen LogP contribution in [0.4, 0.5) is 20.2 Å². The molecule has 2 aromatic carbocycles. The molecule has 1 saturated heterocycles. The van der Waals surface area contributed by atoms with Crippen LogP contribution >= 0.6 is 18.5 Å². The summed E-state index contributed by atoms with van der Waals surface area (Å²) in [6.45, 7) is 1.54. The highest BCUT2D eigenvalue weighted by atomic mass is 31.0. The molecule has 0 spiro atoms. The number of halogens is 2. The topological polar surface area (TPSA) is 128 Å². The maximum Gasteiger partial charge on any atom is 0.274 e. The van der Waals surface area contributed by atoms with E-state index in [1.54, 1.807) is 18.3 Å². The van der Waals surface area contributed by atoms with Gasteiger partial charge in [0.2, 0.25) is 5.91 Å². The average molecular weight is 634 g/mol. The normalized spacial score (nSPS) is 18.7. The number of hydrogen-bond donors (Lipinski definition) is 3. The molecule has 6 atom stereocenters. The monoisotopic (exact) mass is 633 g/mol. The lowest BCUT2D eigenvalue weighted by molar-refractivity contribution is -0.118. The lowest BCUT2D eigenvalue weighted by atomic mass is 9.93. The van der Waals surface area contributed by atoms with Gasteiger partial charge in [0.05, 0.1) is 19.8 Å². The SMILES string of the molecule is COCC(CN)n1cccc(N2C[C@@H](c3c(F)cc(OC)cc3P)[C@H](NC(=O)c3ccc(NC(C)(F)P)cc3)C2=O)c1=O. The van der Waals surface area contributed by atoms with E-state index >= 15 is 4.39 Å². The van der Waals surface area contributed by atoms with Gasteiger partial charge in [0, 0.05) is 55.2 Å². The predicted molar refractivity (Wildman–Crippen MR) is 169 cm³/mol. The Bertz CT molecular complexity index is 1520. The molecule has 4 unspecified atom stereocenters. The number of nitrogens with two attached hydrogens (primary N) is 1. The van der Waals surface area contributed by atoms with E-state index in [-0.39, 0.29) is 42.3 Å². The smallest absolute Gasteiger partial charge is 0.274 e. The summed E-state index contributed by atoms with van der Waals surface area (Å²) in [7, 11) is 7.38. The molecule has 0 bridgehead atoms. The number of nitrogens with zero attached hydrogens (tertiary/aromatic N) is 2. The first-order valence-corrected chi connectivity index (χ1v) is 14.5. The fourth-order valence-corrected chi connectivity index (χ4v) is 5.83. The van der Waals surface area contributed by atoms with Crippen LogP contribution in [-0.2, 0) is 9.53 Å². The molecule has 4 N–H and O–H groups in total. The zero-order valence-electron chi connectivity index (χ0n) is 24.0. The number of alkyl halides is 1. The highest BCUT2D eigenvalue weighted by Crippen LogP contribution is 2.34. The molecule has 1 fully saturated rings. The van der Waals surface area contributed by atoms with Crippen LogP contribution in [-0.4, -0.2) is 61.9 Å². The number of anilines is 2. The third-order valence-corrected chi connectivity index (χ3v) is 7.77.